The van der Waals surface area contributed by atoms with E-state index < -0.39 is 8.80 Å². The molecule has 0 aromatic heterocycles. The highest BCUT2D eigenvalue weighted by Gasteiger charge is 2.65. The molecule has 0 fully saturated rings. The van der Waals surface area contributed by atoms with E-state index in [1.807, 2.05) is 0 Å². The highest BCUT2D eigenvalue weighted by atomic mass is 28.4. The molecule has 0 aromatic carbocycles. The summed E-state index contributed by atoms with van der Waals surface area (Å²) in [5, 5.41) is -0.208. The number of hydrogen-bond donors (Lipinski definition) is 0. The second-order valence-corrected chi connectivity index (χ2v) is 12.1. The van der Waals surface area contributed by atoms with E-state index in [9.17, 15) is 0 Å². The first-order valence-corrected chi connectivity index (χ1v) is 10.8. The zero-order chi connectivity index (χ0) is 18.5. The van der Waals surface area contributed by atoms with Crippen LogP contribution in [0.4, 0.5) is 0 Å². The summed E-state index contributed by atoms with van der Waals surface area (Å²) in [6.07, 6.45) is 5.16. The van der Waals surface area contributed by atoms with Gasteiger partial charge in [0, 0.05) is 26.4 Å². The molecule has 0 bridgehead atoms. The van der Waals surface area contributed by atoms with Gasteiger partial charge in [0.2, 0.25) is 0 Å². The maximum absolute atomic E-state index is 5.86. The Labute approximate surface area is 146 Å². The lowest BCUT2D eigenvalue weighted by Gasteiger charge is -2.57. The molecule has 0 saturated heterocycles. The molecule has 4 heteroatoms. The summed E-state index contributed by atoms with van der Waals surface area (Å²) in [5.74, 6) is 0.626. The lowest BCUT2D eigenvalue weighted by atomic mass is 9.56. The quantitative estimate of drug-likeness (QED) is 0.343. The van der Waals surface area contributed by atoms with Crippen LogP contribution in [0.2, 0.25) is 5.04 Å². The van der Waals surface area contributed by atoms with Gasteiger partial charge in [-0.15, -0.1) is 0 Å². The second kappa shape index (κ2) is 8.46. The fourth-order valence-electron chi connectivity index (χ4n) is 3.88. The first-order valence-electron chi connectivity index (χ1n) is 9.07. The van der Waals surface area contributed by atoms with Gasteiger partial charge in [0.05, 0.1) is 0 Å². The zero-order valence-corrected chi connectivity index (χ0v) is 18.6. The lowest BCUT2D eigenvalue weighted by Crippen LogP contribution is -2.61. The van der Waals surface area contributed by atoms with Crippen molar-refractivity contribution in [3.05, 3.63) is 0 Å². The van der Waals surface area contributed by atoms with Gasteiger partial charge in [-0.2, -0.15) is 0 Å². The summed E-state index contributed by atoms with van der Waals surface area (Å²) < 4.78 is 17.6. The molecule has 0 radical (unpaired) electrons. The number of hydrogen-bond acceptors (Lipinski definition) is 3. The van der Waals surface area contributed by atoms with E-state index in [-0.39, 0.29) is 15.9 Å². The van der Waals surface area contributed by atoms with E-state index in [1.54, 1.807) is 21.3 Å². The molecule has 0 spiro atoms. The second-order valence-electron chi connectivity index (χ2n) is 8.54. The maximum Gasteiger partial charge on any atom is 0.506 e. The van der Waals surface area contributed by atoms with E-state index in [1.165, 1.54) is 25.7 Å². The van der Waals surface area contributed by atoms with Crippen LogP contribution in [0.25, 0.3) is 0 Å². The van der Waals surface area contributed by atoms with Crippen molar-refractivity contribution in [3.8, 4) is 0 Å². The van der Waals surface area contributed by atoms with Gasteiger partial charge < -0.3 is 13.3 Å². The minimum absolute atomic E-state index is 0.0140. The molecule has 0 aromatic rings. The molecule has 0 aliphatic heterocycles. The molecule has 0 N–H and O–H groups in total. The van der Waals surface area contributed by atoms with Crippen molar-refractivity contribution in [2.45, 2.75) is 86.1 Å². The summed E-state index contributed by atoms with van der Waals surface area (Å²) in [4.78, 5) is 0. The van der Waals surface area contributed by atoms with Crippen molar-refractivity contribution < 1.29 is 13.3 Å². The van der Waals surface area contributed by atoms with E-state index in [2.05, 4.69) is 55.4 Å². The summed E-state index contributed by atoms with van der Waals surface area (Å²) in [7, 11) is 2.38. The fourth-order valence-corrected chi connectivity index (χ4v) is 7.00. The Hall–Kier alpha value is 0.0969. The molecule has 0 heterocycles. The normalized spacial score (nSPS) is 15.8. The summed E-state index contributed by atoms with van der Waals surface area (Å²) in [6, 6.07) is 0. The molecule has 1 unspecified atom stereocenters. The van der Waals surface area contributed by atoms with Gasteiger partial charge in [-0.1, -0.05) is 81.1 Å². The monoisotopic (exact) mass is 346 g/mol. The molecule has 0 amide bonds. The molecule has 23 heavy (non-hydrogen) atoms. The van der Waals surface area contributed by atoms with Crippen LogP contribution in [-0.2, 0) is 13.3 Å². The van der Waals surface area contributed by atoms with Crippen LogP contribution < -0.4 is 0 Å². The third-order valence-corrected chi connectivity index (χ3v) is 11.0. The van der Waals surface area contributed by atoms with Gasteiger partial charge in [0.15, 0.2) is 0 Å². The molecular weight excluding hydrogens is 304 g/mol. The van der Waals surface area contributed by atoms with Gasteiger partial charge in [-0.05, 0) is 16.7 Å². The number of unbranched alkanes of at least 4 members (excludes halogenated alkanes) is 2. The lowest BCUT2D eigenvalue weighted by molar-refractivity contribution is -0.0309. The molecule has 0 saturated carbocycles. The fraction of sp³-hybridized carbons (Fsp3) is 1.00. The van der Waals surface area contributed by atoms with Crippen LogP contribution in [0.3, 0.4) is 0 Å². The molecular formula is C19H42O3Si. The van der Waals surface area contributed by atoms with Crippen LogP contribution in [0.5, 0.6) is 0 Å². The predicted octanol–water partition coefficient (Wildman–Crippen LogP) is 5.91. The third kappa shape index (κ3) is 4.02. The average Bonchev–Trinajstić information content (AvgIpc) is 2.49. The van der Waals surface area contributed by atoms with E-state index in [0.717, 1.165) is 0 Å². The Morgan fingerprint density at radius 2 is 1.26 bits per heavy atom. The highest BCUT2D eigenvalue weighted by molar-refractivity contribution is 6.64. The zero-order valence-electron chi connectivity index (χ0n) is 17.6. The Bertz CT molecular complexity index is 338. The van der Waals surface area contributed by atoms with Crippen molar-refractivity contribution >= 4 is 8.80 Å². The van der Waals surface area contributed by atoms with Crippen LogP contribution in [0, 0.1) is 16.7 Å². The Kier molecular flexibility index (Phi) is 8.50. The summed E-state index contributed by atoms with van der Waals surface area (Å²) in [6.45, 7) is 18.6. The van der Waals surface area contributed by atoms with Gasteiger partial charge in [-0.25, -0.2) is 0 Å². The maximum atomic E-state index is 5.86. The molecule has 0 aliphatic carbocycles. The van der Waals surface area contributed by atoms with E-state index in [0.29, 0.717) is 5.92 Å². The molecule has 0 rings (SSSR count). The molecule has 0 aliphatic rings. The Balaban J connectivity index is 5.63. The van der Waals surface area contributed by atoms with E-state index in [4.69, 9.17) is 13.3 Å². The Morgan fingerprint density at radius 1 is 0.826 bits per heavy atom. The smallest absolute Gasteiger partial charge is 0.377 e. The van der Waals surface area contributed by atoms with Gasteiger partial charge in [0.25, 0.3) is 0 Å². The molecule has 140 valence electrons. The van der Waals surface area contributed by atoms with Crippen molar-refractivity contribution in [2.75, 3.05) is 21.3 Å². The largest absolute Gasteiger partial charge is 0.506 e. The van der Waals surface area contributed by atoms with Gasteiger partial charge in [0.1, 0.15) is 0 Å². The topological polar surface area (TPSA) is 27.7 Å². The van der Waals surface area contributed by atoms with Crippen molar-refractivity contribution in [3.63, 3.8) is 0 Å². The minimum atomic E-state index is -2.77. The summed E-state index contributed by atoms with van der Waals surface area (Å²) in [5.41, 5.74) is 0.123. The first-order chi connectivity index (χ1) is 10.4. The standard InChI is InChI=1S/C19H42O3Si/c1-12-13-14-15-16(2)17(3,4)18(5,6)19(7,8)23(20-9,21-10)22-11/h16H,12-15H2,1-11H3. The van der Waals surface area contributed by atoms with Gasteiger partial charge >= 0.3 is 8.80 Å². The summed E-state index contributed by atoms with van der Waals surface area (Å²) >= 11 is 0. The minimum Gasteiger partial charge on any atom is -0.377 e. The van der Waals surface area contributed by atoms with Crippen molar-refractivity contribution in [2.24, 2.45) is 16.7 Å². The van der Waals surface area contributed by atoms with Crippen LogP contribution in [0.1, 0.15) is 81.1 Å². The van der Waals surface area contributed by atoms with E-state index >= 15 is 0 Å². The Morgan fingerprint density at radius 3 is 1.61 bits per heavy atom. The highest BCUT2D eigenvalue weighted by Crippen LogP contribution is 2.63. The van der Waals surface area contributed by atoms with Crippen molar-refractivity contribution in [1.82, 2.24) is 0 Å². The molecule has 1 atom stereocenters. The van der Waals surface area contributed by atoms with Crippen molar-refractivity contribution in [1.29, 1.82) is 0 Å². The average molecular weight is 347 g/mol. The van der Waals surface area contributed by atoms with Gasteiger partial charge in [-0.3, -0.25) is 0 Å². The molecule has 3 nitrogen and oxygen atoms in total. The van der Waals surface area contributed by atoms with Crippen LogP contribution >= 0.6 is 0 Å². The SMILES string of the molecule is CCCCCC(C)C(C)(C)C(C)(C)C(C)(C)[Si](OC)(OC)OC. The van der Waals surface area contributed by atoms with Crippen LogP contribution in [0.15, 0.2) is 0 Å². The predicted molar refractivity (Wildman–Crippen MR) is 102 cm³/mol. The first kappa shape index (κ1) is 23.1. The van der Waals surface area contributed by atoms with Crippen LogP contribution in [-0.4, -0.2) is 30.1 Å². The third-order valence-electron chi connectivity index (χ3n) is 7.22. The number of rotatable bonds is 11.